The van der Waals surface area contributed by atoms with Crippen molar-refractivity contribution in [3.05, 3.63) is 57.1 Å². The number of hydrogen-bond donors (Lipinski definition) is 1. The van der Waals surface area contributed by atoms with Crippen LogP contribution in [0, 0.1) is 0 Å². The van der Waals surface area contributed by atoms with E-state index in [9.17, 15) is 14.4 Å². The van der Waals surface area contributed by atoms with Gasteiger partial charge in [-0.15, -0.1) is 11.3 Å². The molecule has 0 saturated heterocycles. The molecular formula is C17H15N7O3S. The van der Waals surface area contributed by atoms with Crippen LogP contribution in [0.15, 0.2) is 45.8 Å². The first-order valence-corrected chi connectivity index (χ1v) is 9.10. The molecule has 0 fully saturated rings. The van der Waals surface area contributed by atoms with Gasteiger partial charge in [0.1, 0.15) is 6.54 Å². The highest BCUT2D eigenvalue weighted by atomic mass is 32.1. The molecule has 0 spiro atoms. The Morgan fingerprint density at radius 2 is 1.93 bits per heavy atom. The maximum absolute atomic E-state index is 12.4. The molecule has 0 aliphatic carbocycles. The number of aromatic nitrogens is 6. The Bertz CT molecular complexity index is 1300. The van der Waals surface area contributed by atoms with Gasteiger partial charge in [0.2, 0.25) is 5.91 Å². The van der Waals surface area contributed by atoms with Crippen molar-refractivity contribution in [1.29, 1.82) is 0 Å². The Morgan fingerprint density at radius 1 is 1.18 bits per heavy atom. The van der Waals surface area contributed by atoms with Gasteiger partial charge >= 0.3 is 5.69 Å². The molecule has 1 amide bonds. The van der Waals surface area contributed by atoms with E-state index in [1.165, 1.54) is 40.9 Å². The van der Waals surface area contributed by atoms with Crippen LogP contribution in [0.1, 0.15) is 0 Å². The van der Waals surface area contributed by atoms with Gasteiger partial charge in [0.25, 0.3) is 5.56 Å². The van der Waals surface area contributed by atoms with Crippen LogP contribution in [-0.4, -0.2) is 34.6 Å². The van der Waals surface area contributed by atoms with Crippen LogP contribution in [-0.2, 0) is 25.4 Å². The maximum Gasteiger partial charge on any atom is 0.332 e. The summed E-state index contributed by atoms with van der Waals surface area (Å²) in [6.07, 6.45) is 4.71. The number of aryl methyl sites for hydroxylation is 1. The van der Waals surface area contributed by atoms with E-state index in [-0.39, 0.29) is 23.6 Å². The summed E-state index contributed by atoms with van der Waals surface area (Å²) in [6, 6.07) is 3.66. The highest BCUT2D eigenvalue weighted by Crippen LogP contribution is 2.24. The quantitative estimate of drug-likeness (QED) is 0.539. The molecule has 0 atom stereocenters. The maximum atomic E-state index is 12.4. The molecule has 28 heavy (non-hydrogen) atoms. The highest BCUT2D eigenvalue weighted by Gasteiger charge is 2.16. The number of nitrogens with zero attached hydrogens (tertiary/aromatic N) is 6. The second kappa shape index (κ2) is 6.85. The van der Waals surface area contributed by atoms with E-state index in [4.69, 9.17) is 0 Å². The Balaban J connectivity index is 1.58. The number of anilines is 1. The molecule has 4 heterocycles. The van der Waals surface area contributed by atoms with Crippen LogP contribution in [0.4, 0.5) is 5.13 Å². The number of pyridine rings is 1. The molecule has 11 heteroatoms. The van der Waals surface area contributed by atoms with Gasteiger partial charge in [-0.1, -0.05) is 0 Å². The van der Waals surface area contributed by atoms with Gasteiger partial charge < -0.3 is 9.88 Å². The predicted molar refractivity (Wildman–Crippen MR) is 104 cm³/mol. The number of hydrogen-bond acceptors (Lipinski definition) is 7. The minimum Gasteiger partial charge on any atom is -0.315 e. The number of nitrogens with one attached hydrogen (secondary N) is 1. The molecule has 0 unspecified atom stereocenters. The van der Waals surface area contributed by atoms with E-state index in [0.717, 1.165) is 15.8 Å². The van der Waals surface area contributed by atoms with Crippen LogP contribution < -0.4 is 16.6 Å². The van der Waals surface area contributed by atoms with Crippen molar-refractivity contribution in [3.8, 4) is 11.3 Å². The van der Waals surface area contributed by atoms with Gasteiger partial charge in [-0.3, -0.25) is 23.7 Å². The van der Waals surface area contributed by atoms with Crippen LogP contribution in [0.25, 0.3) is 22.4 Å². The normalized spacial score (nSPS) is 11.1. The number of carbonyl (C=O) groups excluding carboxylic acids is 1. The van der Waals surface area contributed by atoms with Gasteiger partial charge in [0.15, 0.2) is 16.3 Å². The van der Waals surface area contributed by atoms with Crippen molar-refractivity contribution >= 4 is 33.5 Å². The van der Waals surface area contributed by atoms with Crippen LogP contribution >= 0.6 is 11.3 Å². The van der Waals surface area contributed by atoms with Gasteiger partial charge in [-0.25, -0.2) is 14.8 Å². The second-order valence-corrected chi connectivity index (χ2v) is 6.93. The molecule has 0 aliphatic rings. The molecule has 0 saturated carbocycles. The van der Waals surface area contributed by atoms with Crippen molar-refractivity contribution in [3.63, 3.8) is 0 Å². The summed E-state index contributed by atoms with van der Waals surface area (Å²) in [4.78, 5) is 49.3. The largest absolute Gasteiger partial charge is 0.332 e. The van der Waals surface area contributed by atoms with E-state index < -0.39 is 11.2 Å². The summed E-state index contributed by atoms with van der Waals surface area (Å²) >= 11 is 1.30. The van der Waals surface area contributed by atoms with Gasteiger partial charge in [-0.05, 0) is 12.1 Å². The molecular weight excluding hydrogens is 382 g/mol. The average Bonchev–Trinajstić information content (AvgIpc) is 3.33. The molecule has 10 nitrogen and oxygen atoms in total. The predicted octanol–water partition coefficient (Wildman–Crippen LogP) is 0.591. The number of fused-ring (bicyclic) bond motifs is 1. The Hall–Kier alpha value is -3.60. The van der Waals surface area contributed by atoms with Crippen molar-refractivity contribution in [2.24, 2.45) is 14.1 Å². The van der Waals surface area contributed by atoms with E-state index in [0.29, 0.717) is 5.13 Å². The summed E-state index contributed by atoms with van der Waals surface area (Å²) < 4.78 is 3.68. The summed E-state index contributed by atoms with van der Waals surface area (Å²) in [6.45, 7) is -0.131. The first kappa shape index (κ1) is 17.8. The number of amides is 1. The Kier molecular flexibility index (Phi) is 4.35. The smallest absolute Gasteiger partial charge is 0.315 e. The zero-order valence-electron chi connectivity index (χ0n) is 15.0. The molecule has 4 aromatic rings. The summed E-state index contributed by atoms with van der Waals surface area (Å²) in [5.41, 5.74) is 1.08. The lowest BCUT2D eigenvalue weighted by molar-refractivity contribution is -0.116. The standard InChI is InChI=1S/C17H15N7O3S/c1-22-14-13(15(26)23(2)17(22)27)24(9-19-14)7-12(25)21-16-20-11(8-28-16)10-3-5-18-6-4-10/h3-6,8-9H,7H2,1-2H3,(H,20,21,25). The molecule has 0 radical (unpaired) electrons. The van der Waals surface area contributed by atoms with E-state index in [1.54, 1.807) is 12.4 Å². The Morgan fingerprint density at radius 3 is 2.68 bits per heavy atom. The minimum atomic E-state index is -0.502. The van der Waals surface area contributed by atoms with Crippen molar-refractivity contribution in [2.75, 3.05) is 5.32 Å². The summed E-state index contributed by atoms with van der Waals surface area (Å²) in [5.74, 6) is -0.356. The van der Waals surface area contributed by atoms with E-state index in [2.05, 4.69) is 20.3 Å². The fourth-order valence-corrected chi connectivity index (χ4v) is 3.55. The average molecular weight is 397 g/mol. The molecule has 1 N–H and O–H groups in total. The molecule has 142 valence electrons. The fraction of sp³-hybridized carbons (Fsp3) is 0.176. The Labute approximate surface area is 161 Å². The van der Waals surface area contributed by atoms with E-state index in [1.807, 2.05) is 17.5 Å². The molecule has 4 rings (SSSR count). The minimum absolute atomic E-state index is 0.131. The van der Waals surface area contributed by atoms with Crippen molar-refractivity contribution < 1.29 is 4.79 Å². The number of rotatable bonds is 4. The number of thiazole rings is 1. The van der Waals surface area contributed by atoms with Crippen LogP contribution in [0.2, 0.25) is 0 Å². The molecule has 0 bridgehead atoms. The third-order valence-corrected chi connectivity index (χ3v) is 5.02. The van der Waals surface area contributed by atoms with Gasteiger partial charge in [0.05, 0.1) is 12.0 Å². The topological polar surface area (TPSA) is 117 Å². The number of imidazole rings is 1. The van der Waals surface area contributed by atoms with Crippen molar-refractivity contribution in [1.82, 2.24) is 28.7 Å². The molecule has 4 aromatic heterocycles. The lowest BCUT2D eigenvalue weighted by atomic mass is 10.2. The molecule has 0 aliphatic heterocycles. The third kappa shape index (κ3) is 3.01. The first-order chi connectivity index (χ1) is 13.5. The van der Waals surface area contributed by atoms with E-state index >= 15 is 0 Å². The zero-order chi connectivity index (χ0) is 19.8. The van der Waals surface area contributed by atoms with Crippen LogP contribution in [0.5, 0.6) is 0 Å². The third-order valence-electron chi connectivity index (χ3n) is 4.26. The van der Waals surface area contributed by atoms with Gasteiger partial charge in [-0.2, -0.15) is 0 Å². The second-order valence-electron chi connectivity index (χ2n) is 6.07. The first-order valence-electron chi connectivity index (χ1n) is 8.22. The van der Waals surface area contributed by atoms with Gasteiger partial charge in [0, 0.05) is 37.4 Å². The number of carbonyl (C=O) groups is 1. The van der Waals surface area contributed by atoms with Crippen LogP contribution in [0.3, 0.4) is 0 Å². The highest BCUT2D eigenvalue weighted by molar-refractivity contribution is 7.14. The lowest BCUT2D eigenvalue weighted by Crippen LogP contribution is -2.37. The van der Waals surface area contributed by atoms with Crippen molar-refractivity contribution in [2.45, 2.75) is 6.54 Å². The zero-order valence-corrected chi connectivity index (χ0v) is 15.8. The summed E-state index contributed by atoms with van der Waals surface area (Å²) in [7, 11) is 2.91. The lowest BCUT2D eigenvalue weighted by Gasteiger charge is -2.06. The molecule has 0 aromatic carbocycles. The fourth-order valence-electron chi connectivity index (χ4n) is 2.82. The monoisotopic (exact) mass is 397 g/mol. The summed E-state index contributed by atoms with van der Waals surface area (Å²) in [5, 5.41) is 5.00. The SMILES string of the molecule is Cn1c(=O)c2c(ncn2CC(=O)Nc2nc(-c3ccncc3)cs2)n(C)c1=O.